The summed E-state index contributed by atoms with van der Waals surface area (Å²) in [5, 5.41) is 8.45. The average Bonchev–Trinajstić information content (AvgIpc) is 3.25. The van der Waals surface area contributed by atoms with Gasteiger partial charge >= 0.3 is 0 Å². The summed E-state index contributed by atoms with van der Waals surface area (Å²) < 4.78 is 10.6. The molecule has 0 spiro atoms. The molecule has 2 amide bonds. The van der Waals surface area contributed by atoms with Gasteiger partial charge in [0.15, 0.2) is 11.5 Å². The van der Waals surface area contributed by atoms with Crippen molar-refractivity contribution in [1.29, 1.82) is 0 Å². The number of aromatic nitrogens is 1. The number of nitrogens with one attached hydrogen (secondary N) is 2. The molecule has 8 nitrogen and oxygen atoms in total. The van der Waals surface area contributed by atoms with E-state index in [9.17, 15) is 9.59 Å². The van der Waals surface area contributed by atoms with E-state index in [-0.39, 0.29) is 18.2 Å². The summed E-state index contributed by atoms with van der Waals surface area (Å²) in [6.07, 6.45) is 0.184. The molecule has 0 atom stereocenters. The van der Waals surface area contributed by atoms with Crippen LogP contribution in [0.15, 0.2) is 47.8 Å². The van der Waals surface area contributed by atoms with Crippen LogP contribution in [0.4, 0.5) is 5.69 Å². The molecule has 9 heteroatoms. The maximum Gasteiger partial charge on any atom is 0.238 e. The first-order valence-corrected chi connectivity index (χ1v) is 11.2. The molecule has 3 rings (SSSR count). The molecule has 0 aliphatic heterocycles. The fourth-order valence-corrected chi connectivity index (χ4v) is 3.98. The molecule has 3 aromatic rings. The van der Waals surface area contributed by atoms with Crippen LogP contribution in [0.3, 0.4) is 0 Å². The van der Waals surface area contributed by atoms with E-state index in [2.05, 4.69) is 15.6 Å². The van der Waals surface area contributed by atoms with Crippen molar-refractivity contribution in [2.75, 3.05) is 40.2 Å². The van der Waals surface area contributed by atoms with E-state index in [1.165, 1.54) is 11.3 Å². The Morgan fingerprint density at radius 2 is 1.82 bits per heavy atom. The van der Waals surface area contributed by atoms with Gasteiger partial charge in [0, 0.05) is 23.2 Å². The number of hydrogen-bond acceptors (Lipinski definition) is 7. The number of amides is 2. The molecule has 174 valence electrons. The molecule has 2 aromatic carbocycles. The first kappa shape index (κ1) is 24.2. The zero-order chi connectivity index (χ0) is 23.8. The number of anilines is 1. The maximum absolute atomic E-state index is 12.4. The number of methoxy groups -OCH3 is 2. The van der Waals surface area contributed by atoms with E-state index in [0.717, 1.165) is 16.1 Å². The first-order valence-electron chi connectivity index (χ1n) is 10.3. The van der Waals surface area contributed by atoms with Crippen molar-refractivity contribution < 1.29 is 19.1 Å². The van der Waals surface area contributed by atoms with Crippen LogP contribution < -0.4 is 20.1 Å². The highest BCUT2D eigenvalue weighted by atomic mass is 32.1. The quantitative estimate of drug-likeness (QED) is 0.475. The zero-order valence-corrected chi connectivity index (χ0v) is 20.0. The van der Waals surface area contributed by atoms with Gasteiger partial charge in [0.25, 0.3) is 0 Å². The van der Waals surface area contributed by atoms with Crippen molar-refractivity contribution in [2.24, 2.45) is 0 Å². The highest BCUT2D eigenvalue weighted by Crippen LogP contribution is 2.33. The molecule has 0 radical (unpaired) electrons. The van der Waals surface area contributed by atoms with Crippen LogP contribution in [0.5, 0.6) is 11.5 Å². The third kappa shape index (κ3) is 7.03. The van der Waals surface area contributed by atoms with Gasteiger partial charge in [0.05, 0.1) is 32.9 Å². The van der Waals surface area contributed by atoms with Crippen molar-refractivity contribution in [1.82, 2.24) is 15.2 Å². The minimum atomic E-state index is -0.124. The smallest absolute Gasteiger partial charge is 0.238 e. The monoisotopic (exact) mass is 468 g/mol. The van der Waals surface area contributed by atoms with Gasteiger partial charge in [0.2, 0.25) is 11.8 Å². The molecular weight excluding hydrogens is 440 g/mol. The molecule has 1 aromatic heterocycles. The van der Waals surface area contributed by atoms with E-state index < -0.39 is 0 Å². The summed E-state index contributed by atoms with van der Waals surface area (Å²) in [5.74, 6) is 1.07. The Bertz CT molecular complexity index is 1110. The summed E-state index contributed by atoms with van der Waals surface area (Å²) in [4.78, 5) is 30.8. The van der Waals surface area contributed by atoms with Crippen LogP contribution in [0.25, 0.3) is 10.6 Å². The van der Waals surface area contributed by atoms with Crippen LogP contribution in [0, 0.1) is 0 Å². The predicted octanol–water partition coefficient (Wildman–Crippen LogP) is 3.19. The maximum atomic E-state index is 12.4. The van der Waals surface area contributed by atoms with Crippen molar-refractivity contribution in [3.8, 4) is 22.1 Å². The largest absolute Gasteiger partial charge is 0.493 e. The highest BCUT2D eigenvalue weighted by molar-refractivity contribution is 7.13. The second kappa shape index (κ2) is 11.4. The molecule has 0 aliphatic rings. The van der Waals surface area contributed by atoms with E-state index in [1.54, 1.807) is 19.1 Å². The van der Waals surface area contributed by atoms with Crippen LogP contribution in [-0.4, -0.2) is 56.6 Å². The summed E-state index contributed by atoms with van der Waals surface area (Å²) in [7, 11) is 6.86. The topological polar surface area (TPSA) is 92.8 Å². The van der Waals surface area contributed by atoms with E-state index in [4.69, 9.17) is 9.47 Å². The van der Waals surface area contributed by atoms with Gasteiger partial charge in [-0.25, -0.2) is 4.98 Å². The second-order valence-corrected chi connectivity index (χ2v) is 8.51. The van der Waals surface area contributed by atoms with E-state index in [0.29, 0.717) is 36.0 Å². The number of hydrogen-bond donors (Lipinski definition) is 2. The van der Waals surface area contributed by atoms with Crippen LogP contribution in [0.1, 0.15) is 11.3 Å². The fourth-order valence-electron chi connectivity index (χ4n) is 3.16. The predicted molar refractivity (Wildman–Crippen MR) is 130 cm³/mol. The Morgan fingerprint density at radius 1 is 1.03 bits per heavy atom. The van der Waals surface area contributed by atoms with Crippen LogP contribution in [-0.2, 0) is 22.6 Å². The molecule has 0 fully saturated rings. The van der Waals surface area contributed by atoms with Crippen molar-refractivity contribution in [3.63, 3.8) is 0 Å². The van der Waals surface area contributed by atoms with Gasteiger partial charge in [-0.3, -0.25) is 9.59 Å². The molecular formula is C24H28N4O4S. The third-order valence-corrected chi connectivity index (χ3v) is 5.62. The Labute approximate surface area is 197 Å². The van der Waals surface area contributed by atoms with Gasteiger partial charge in [-0.05, 0) is 50.0 Å². The molecule has 2 N–H and O–H groups in total. The number of likely N-dealkylation sites (N-methyl/N-ethyl adjacent to an activating group) is 1. The molecule has 0 saturated carbocycles. The number of benzene rings is 2. The normalized spacial score (nSPS) is 10.7. The van der Waals surface area contributed by atoms with Gasteiger partial charge in [-0.15, -0.1) is 11.3 Å². The number of carbonyl (C=O) groups excluding carboxylic acids is 2. The number of nitrogens with zero attached hydrogens (tertiary/aromatic N) is 2. The minimum absolute atomic E-state index is 0.0880. The lowest BCUT2D eigenvalue weighted by Gasteiger charge is -2.11. The number of rotatable bonds is 10. The average molecular weight is 469 g/mol. The first-order chi connectivity index (χ1) is 15.9. The summed E-state index contributed by atoms with van der Waals surface area (Å²) in [5.41, 5.74) is 3.20. The lowest BCUT2D eigenvalue weighted by atomic mass is 10.2. The lowest BCUT2D eigenvalue weighted by Crippen LogP contribution is -2.27. The number of carbonyl (C=O) groups is 2. The third-order valence-electron chi connectivity index (χ3n) is 4.68. The van der Waals surface area contributed by atoms with Crippen LogP contribution >= 0.6 is 11.3 Å². The van der Waals surface area contributed by atoms with E-state index >= 15 is 0 Å². The number of ether oxygens (including phenoxy) is 2. The summed E-state index contributed by atoms with van der Waals surface area (Å²) >= 11 is 1.47. The van der Waals surface area contributed by atoms with Gasteiger partial charge < -0.3 is 25.0 Å². The molecule has 0 aliphatic carbocycles. The Hall–Kier alpha value is -3.43. The van der Waals surface area contributed by atoms with E-state index in [1.807, 2.05) is 61.9 Å². The molecule has 0 bridgehead atoms. The fraction of sp³-hybridized carbons (Fsp3) is 0.292. The second-order valence-electron chi connectivity index (χ2n) is 7.65. The molecule has 0 unspecified atom stereocenters. The van der Waals surface area contributed by atoms with Gasteiger partial charge in [-0.2, -0.15) is 0 Å². The molecule has 33 heavy (non-hydrogen) atoms. The zero-order valence-electron chi connectivity index (χ0n) is 19.2. The van der Waals surface area contributed by atoms with Crippen molar-refractivity contribution in [3.05, 3.63) is 59.1 Å². The molecule has 0 saturated heterocycles. The van der Waals surface area contributed by atoms with Gasteiger partial charge in [-0.1, -0.05) is 12.1 Å². The summed E-state index contributed by atoms with van der Waals surface area (Å²) in [6, 6.07) is 13.0. The van der Waals surface area contributed by atoms with Gasteiger partial charge in [0.1, 0.15) is 5.01 Å². The molecule has 1 heterocycles. The van der Waals surface area contributed by atoms with Crippen molar-refractivity contribution in [2.45, 2.75) is 13.0 Å². The van der Waals surface area contributed by atoms with Crippen LogP contribution in [0.2, 0.25) is 0 Å². The Kier molecular flexibility index (Phi) is 8.39. The Balaban J connectivity index is 1.55. The Morgan fingerprint density at radius 3 is 2.55 bits per heavy atom. The number of thiazole rings is 1. The minimum Gasteiger partial charge on any atom is -0.493 e. The lowest BCUT2D eigenvalue weighted by molar-refractivity contribution is -0.120. The highest BCUT2D eigenvalue weighted by Gasteiger charge is 2.12. The summed E-state index contributed by atoms with van der Waals surface area (Å²) in [6.45, 7) is 0.669. The standard InChI is InChI=1S/C24H28N4O4S/c1-28(2)14-23(30)26-18-7-5-6-16(10-18)13-25-22(29)12-19-15-33-24(27-19)17-8-9-20(31-3)21(11-17)32-4/h5-11,15H,12-14H2,1-4H3,(H,25,29)(H,26,30). The SMILES string of the molecule is COc1ccc(-c2nc(CC(=O)NCc3cccc(NC(=O)CN(C)C)c3)cs2)cc1OC. The van der Waals surface area contributed by atoms with Crippen molar-refractivity contribution >= 4 is 28.8 Å².